The quantitative estimate of drug-likeness (QED) is 0.778. The second kappa shape index (κ2) is 8.37. The summed E-state index contributed by atoms with van der Waals surface area (Å²) in [5.74, 6) is -0.362. The number of alkyl halides is 3. The maximum Gasteiger partial charge on any atom is 0.422 e. The molecular weight excluding hydrogens is 417 g/mol. The van der Waals surface area contributed by atoms with Crippen LogP contribution in [0.5, 0.6) is 17.2 Å². The average molecular weight is 436 g/mol. The topological polar surface area (TPSA) is 77.1 Å². The van der Waals surface area contributed by atoms with Crippen molar-refractivity contribution in [2.24, 2.45) is 5.92 Å². The molecule has 1 atom stereocenters. The standard InChI is InChI=1S/C21H19F3N2O5/c22-21(23,24)12-31-16-4-2-1-3-15(16)25-20(28)13-9-19(27)26(11-13)14-5-6-17-18(10-14)30-8-7-29-17/h1-6,10,13H,7-9,11-12H2,(H,25,28)/t13-/m0/s1. The molecule has 1 saturated heterocycles. The first kappa shape index (κ1) is 20.8. The van der Waals surface area contributed by atoms with Crippen molar-refractivity contribution in [3.8, 4) is 17.2 Å². The lowest BCUT2D eigenvalue weighted by atomic mass is 10.1. The van der Waals surface area contributed by atoms with Gasteiger partial charge in [0, 0.05) is 24.7 Å². The molecule has 1 N–H and O–H groups in total. The highest BCUT2D eigenvalue weighted by molar-refractivity contribution is 6.04. The minimum absolute atomic E-state index is 0.0220. The summed E-state index contributed by atoms with van der Waals surface area (Å²) in [6, 6.07) is 11.0. The van der Waals surface area contributed by atoms with Crippen molar-refractivity contribution in [3.05, 3.63) is 42.5 Å². The van der Waals surface area contributed by atoms with E-state index in [1.54, 1.807) is 24.3 Å². The number of hydrogen-bond donors (Lipinski definition) is 1. The Labute approximate surface area is 175 Å². The van der Waals surface area contributed by atoms with Crippen LogP contribution in [-0.2, 0) is 9.59 Å². The van der Waals surface area contributed by atoms with Crippen LogP contribution in [0.4, 0.5) is 24.5 Å². The molecule has 10 heteroatoms. The molecule has 7 nitrogen and oxygen atoms in total. The Balaban J connectivity index is 1.43. The minimum atomic E-state index is -4.50. The highest BCUT2D eigenvalue weighted by atomic mass is 19.4. The van der Waals surface area contributed by atoms with Crippen molar-refractivity contribution in [2.75, 3.05) is 36.6 Å². The fourth-order valence-corrected chi connectivity index (χ4v) is 3.42. The Morgan fingerprint density at radius 2 is 1.87 bits per heavy atom. The van der Waals surface area contributed by atoms with E-state index in [9.17, 15) is 22.8 Å². The zero-order chi connectivity index (χ0) is 22.0. The van der Waals surface area contributed by atoms with Gasteiger partial charge in [0.15, 0.2) is 18.1 Å². The summed E-state index contributed by atoms with van der Waals surface area (Å²) in [7, 11) is 0. The van der Waals surface area contributed by atoms with E-state index in [4.69, 9.17) is 14.2 Å². The normalized spacial score (nSPS) is 18.1. The van der Waals surface area contributed by atoms with Crippen LogP contribution < -0.4 is 24.4 Å². The molecule has 0 unspecified atom stereocenters. The molecule has 2 heterocycles. The first-order valence-electron chi connectivity index (χ1n) is 9.59. The van der Waals surface area contributed by atoms with E-state index in [1.165, 1.54) is 23.1 Å². The first-order valence-corrected chi connectivity index (χ1v) is 9.59. The number of hydrogen-bond acceptors (Lipinski definition) is 5. The van der Waals surface area contributed by atoms with Crippen LogP contribution in [0.25, 0.3) is 0 Å². The van der Waals surface area contributed by atoms with Crippen molar-refractivity contribution in [2.45, 2.75) is 12.6 Å². The molecule has 4 rings (SSSR count). The van der Waals surface area contributed by atoms with Gasteiger partial charge in [-0.05, 0) is 24.3 Å². The Hall–Kier alpha value is -3.43. The maximum atomic E-state index is 12.7. The fourth-order valence-electron chi connectivity index (χ4n) is 3.42. The van der Waals surface area contributed by atoms with Crippen LogP contribution in [0.3, 0.4) is 0 Å². The number of nitrogens with one attached hydrogen (secondary N) is 1. The summed E-state index contributed by atoms with van der Waals surface area (Å²) in [5.41, 5.74) is 0.695. The number of nitrogens with zero attached hydrogens (tertiary/aromatic N) is 1. The Kier molecular flexibility index (Phi) is 5.62. The lowest BCUT2D eigenvalue weighted by Gasteiger charge is -2.22. The third-order valence-corrected chi connectivity index (χ3v) is 4.87. The van der Waals surface area contributed by atoms with E-state index in [-0.39, 0.29) is 30.3 Å². The van der Waals surface area contributed by atoms with Gasteiger partial charge in [-0.3, -0.25) is 9.59 Å². The third-order valence-electron chi connectivity index (χ3n) is 4.87. The lowest BCUT2D eigenvalue weighted by Crippen LogP contribution is -2.28. The minimum Gasteiger partial charge on any atom is -0.486 e. The fraction of sp³-hybridized carbons (Fsp3) is 0.333. The van der Waals surface area contributed by atoms with Gasteiger partial charge in [-0.25, -0.2) is 0 Å². The Bertz CT molecular complexity index is 995. The Morgan fingerprint density at radius 1 is 1.13 bits per heavy atom. The van der Waals surface area contributed by atoms with E-state index in [0.29, 0.717) is 30.4 Å². The van der Waals surface area contributed by atoms with E-state index >= 15 is 0 Å². The predicted octanol–water partition coefficient (Wildman–Crippen LogP) is 3.39. The molecule has 0 spiro atoms. The van der Waals surface area contributed by atoms with Gasteiger partial charge in [-0.2, -0.15) is 13.2 Å². The van der Waals surface area contributed by atoms with Gasteiger partial charge in [0.25, 0.3) is 0 Å². The monoisotopic (exact) mass is 436 g/mol. The molecule has 0 aromatic heterocycles. The molecule has 2 aromatic rings. The van der Waals surface area contributed by atoms with Crippen molar-refractivity contribution in [3.63, 3.8) is 0 Å². The van der Waals surface area contributed by atoms with Gasteiger partial charge in [0.05, 0.1) is 11.6 Å². The number of amides is 2. The number of fused-ring (bicyclic) bond motifs is 1. The van der Waals surface area contributed by atoms with Crippen molar-refractivity contribution in [1.82, 2.24) is 0 Å². The molecule has 2 aromatic carbocycles. The van der Waals surface area contributed by atoms with Crippen LogP contribution in [0.15, 0.2) is 42.5 Å². The zero-order valence-electron chi connectivity index (χ0n) is 16.3. The van der Waals surface area contributed by atoms with Crippen LogP contribution in [0, 0.1) is 5.92 Å². The third kappa shape index (κ3) is 4.84. The number of anilines is 2. The summed E-state index contributed by atoms with van der Waals surface area (Å²) < 4.78 is 53.2. The zero-order valence-corrected chi connectivity index (χ0v) is 16.3. The van der Waals surface area contributed by atoms with Gasteiger partial charge in [-0.15, -0.1) is 0 Å². The second-order valence-electron chi connectivity index (χ2n) is 7.12. The van der Waals surface area contributed by atoms with Gasteiger partial charge in [0.2, 0.25) is 11.8 Å². The first-order chi connectivity index (χ1) is 14.8. The van der Waals surface area contributed by atoms with Gasteiger partial charge in [-0.1, -0.05) is 12.1 Å². The second-order valence-corrected chi connectivity index (χ2v) is 7.12. The van der Waals surface area contributed by atoms with Crippen LogP contribution >= 0.6 is 0 Å². The van der Waals surface area contributed by atoms with Crippen molar-refractivity contribution >= 4 is 23.2 Å². The van der Waals surface area contributed by atoms with E-state index in [2.05, 4.69) is 5.32 Å². The highest BCUT2D eigenvalue weighted by Gasteiger charge is 2.36. The molecule has 2 aliphatic rings. The summed E-state index contributed by atoms with van der Waals surface area (Å²) in [6.45, 7) is -0.480. The van der Waals surface area contributed by atoms with Gasteiger partial charge < -0.3 is 24.4 Å². The number of carbonyl (C=O) groups is 2. The summed E-state index contributed by atoms with van der Waals surface area (Å²) >= 11 is 0. The molecule has 0 radical (unpaired) electrons. The number of para-hydroxylation sites is 2. The number of ether oxygens (including phenoxy) is 3. The number of halogens is 3. The molecule has 164 valence electrons. The molecule has 31 heavy (non-hydrogen) atoms. The summed E-state index contributed by atoms with van der Waals surface area (Å²) in [5, 5.41) is 2.58. The van der Waals surface area contributed by atoms with Crippen LogP contribution in [0.1, 0.15) is 6.42 Å². The molecule has 2 aliphatic heterocycles. The molecule has 0 saturated carbocycles. The number of benzene rings is 2. The molecule has 0 aliphatic carbocycles. The smallest absolute Gasteiger partial charge is 0.422 e. The Morgan fingerprint density at radius 3 is 2.65 bits per heavy atom. The molecular formula is C21H19F3N2O5. The van der Waals surface area contributed by atoms with Gasteiger partial charge >= 0.3 is 6.18 Å². The van der Waals surface area contributed by atoms with E-state index in [1.807, 2.05) is 0 Å². The van der Waals surface area contributed by atoms with Crippen LogP contribution in [0.2, 0.25) is 0 Å². The van der Waals surface area contributed by atoms with Crippen LogP contribution in [-0.4, -0.2) is 44.4 Å². The summed E-state index contributed by atoms with van der Waals surface area (Å²) in [4.78, 5) is 26.7. The lowest BCUT2D eigenvalue weighted by molar-refractivity contribution is -0.153. The number of carbonyl (C=O) groups excluding carboxylic acids is 2. The summed E-state index contributed by atoms with van der Waals surface area (Å²) in [6.07, 6.45) is -4.52. The van der Waals surface area contributed by atoms with Gasteiger partial charge in [0.1, 0.15) is 19.0 Å². The van der Waals surface area contributed by atoms with Crippen molar-refractivity contribution in [1.29, 1.82) is 0 Å². The maximum absolute atomic E-state index is 12.7. The molecule has 2 amide bonds. The van der Waals surface area contributed by atoms with Crippen molar-refractivity contribution < 1.29 is 37.0 Å². The van der Waals surface area contributed by atoms with E-state index < -0.39 is 24.6 Å². The average Bonchev–Trinajstić information content (AvgIpc) is 3.14. The highest BCUT2D eigenvalue weighted by Crippen LogP contribution is 2.36. The molecule has 0 bridgehead atoms. The predicted molar refractivity (Wildman–Crippen MR) is 105 cm³/mol. The number of rotatable bonds is 5. The largest absolute Gasteiger partial charge is 0.486 e. The SMILES string of the molecule is O=C(Nc1ccccc1OCC(F)(F)F)[C@H]1CC(=O)N(c2ccc3c(c2)OCCO3)C1. The van der Waals surface area contributed by atoms with E-state index in [0.717, 1.165) is 0 Å². The molecule has 1 fully saturated rings.